The van der Waals surface area contributed by atoms with Gasteiger partial charge in [-0.2, -0.15) is 0 Å². The Morgan fingerprint density at radius 3 is 2.53 bits per heavy atom. The minimum atomic E-state index is -0.491. The molecule has 4 rings (SSSR count). The maximum absolute atomic E-state index is 13.2. The number of rotatable bonds is 4. The van der Waals surface area contributed by atoms with Crippen molar-refractivity contribution in [1.82, 2.24) is 5.32 Å². The molecule has 2 N–H and O–H groups in total. The largest absolute Gasteiger partial charge is 0.465 e. The van der Waals surface area contributed by atoms with E-state index in [1.165, 1.54) is 18.4 Å². The number of amides is 2. The number of anilines is 2. The summed E-state index contributed by atoms with van der Waals surface area (Å²) in [5.41, 5.74) is 1.55. The molecule has 1 fully saturated rings. The summed E-state index contributed by atoms with van der Waals surface area (Å²) >= 11 is 1.40. The first kappa shape index (κ1) is 22.5. The quantitative estimate of drug-likeness (QED) is 0.687. The van der Waals surface area contributed by atoms with E-state index in [-0.39, 0.29) is 29.3 Å². The number of carbonyl (C=O) groups is 3. The first-order valence-corrected chi connectivity index (χ1v) is 11.5. The summed E-state index contributed by atoms with van der Waals surface area (Å²) < 4.78 is 5.07. The molecule has 1 atom stereocenters. The Hall–Kier alpha value is -2.71. The number of esters is 1. The lowest BCUT2D eigenvalue weighted by Gasteiger charge is -2.42. The summed E-state index contributed by atoms with van der Waals surface area (Å²) in [6, 6.07) is 9.34. The van der Waals surface area contributed by atoms with Gasteiger partial charge in [0.05, 0.1) is 18.6 Å². The fraction of sp³-hybridized carbons (Fsp3) is 0.458. The lowest BCUT2D eigenvalue weighted by molar-refractivity contribution is -0.122. The highest BCUT2D eigenvalue weighted by molar-refractivity contribution is 7.17. The number of carbonyl (C=O) groups excluding carboxylic acids is 3. The molecule has 32 heavy (non-hydrogen) atoms. The molecule has 2 aromatic rings. The van der Waals surface area contributed by atoms with E-state index in [2.05, 4.69) is 38.3 Å². The molecule has 0 bridgehead atoms. The summed E-state index contributed by atoms with van der Waals surface area (Å²) in [6.45, 7) is 8.65. The van der Waals surface area contributed by atoms with Crippen molar-refractivity contribution in [2.45, 2.75) is 51.6 Å². The van der Waals surface area contributed by atoms with Crippen molar-refractivity contribution in [3.8, 4) is 0 Å². The molecule has 2 aliphatic rings. The Kier molecular flexibility index (Phi) is 5.63. The van der Waals surface area contributed by atoms with E-state index in [4.69, 9.17) is 4.74 Å². The lowest BCUT2D eigenvalue weighted by atomic mass is 9.81. The number of hydrogen-bond acceptors (Lipinski definition) is 6. The van der Waals surface area contributed by atoms with E-state index >= 15 is 0 Å². The molecule has 3 heterocycles. The standard InChI is InChI=1S/C24H29N3O4S/c1-23(2)12-16-18(22(30)31-5)21(32-19(16)24(3,4)26-23)25-20(29)14-11-17(28)27(13-14)15-9-7-6-8-10-15/h6-10,14,26H,11-13H2,1-5H3,(H,25,29). The number of nitrogens with zero attached hydrogens (tertiary/aromatic N) is 1. The van der Waals surface area contributed by atoms with E-state index in [0.717, 1.165) is 16.1 Å². The highest BCUT2D eigenvalue weighted by Gasteiger charge is 2.43. The van der Waals surface area contributed by atoms with Crippen molar-refractivity contribution in [2.75, 3.05) is 23.9 Å². The second-order valence-electron chi connectivity index (χ2n) is 9.65. The summed E-state index contributed by atoms with van der Waals surface area (Å²) in [5, 5.41) is 7.06. The van der Waals surface area contributed by atoms with Gasteiger partial charge in [-0.15, -0.1) is 11.3 Å². The number of fused-ring (bicyclic) bond motifs is 1. The molecule has 2 aliphatic heterocycles. The molecule has 2 amide bonds. The van der Waals surface area contributed by atoms with Crippen molar-refractivity contribution in [3.63, 3.8) is 0 Å². The van der Waals surface area contributed by atoms with Crippen LogP contribution in [-0.4, -0.2) is 37.0 Å². The van der Waals surface area contributed by atoms with Crippen molar-refractivity contribution in [2.24, 2.45) is 5.92 Å². The van der Waals surface area contributed by atoms with Crippen LogP contribution in [0.1, 0.15) is 54.9 Å². The molecule has 0 aliphatic carbocycles. The minimum Gasteiger partial charge on any atom is -0.465 e. The van der Waals surface area contributed by atoms with Crippen molar-refractivity contribution in [1.29, 1.82) is 0 Å². The monoisotopic (exact) mass is 455 g/mol. The fourth-order valence-corrected chi connectivity index (χ4v) is 6.16. The average molecular weight is 456 g/mol. The van der Waals surface area contributed by atoms with Gasteiger partial charge in [-0.05, 0) is 51.8 Å². The number of hydrogen-bond donors (Lipinski definition) is 2. The van der Waals surface area contributed by atoms with Crippen LogP contribution in [-0.2, 0) is 26.3 Å². The van der Waals surface area contributed by atoms with Crippen LogP contribution in [0.25, 0.3) is 0 Å². The molecule has 0 saturated carbocycles. The number of thiophene rings is 1. The third-order valence-corrected chi connectivity index (χ3v) is 7.51. The highest BCUT2D eigenvalue weighted by Crippen LogP contribution is 2.45. The SMILES string of the molecule is COC(=O)c1c(NC(=O)C2CC(=O)N(c3ccccc3)C2)sc2c1CC(C)(C)NC2(C)C. The molecular weight excluding hydrogens is 426 g/mol. The number of para-hydroxylation sites is 1. The first-order valence-electron chi connectivity index (χ1n) is 10.7. The Bertz CT molecular complexity index is 1070. The maximum Gasteiger partial charge on any atom is 0.341 e. The van der Waals surface area contributed by atoms with Gasteiger partial charge in [-0.3, -0.25) is 9.59 Å². The summed E-state index contributed by atoms with van der Waals surface area (Å²) in [7, 11) is 1.35. The van der Waals surface area contributed by atoms with Crippen LogP contribution in [0.3, 0.4) is 0 Å². The molecular formula is C24H29N3O4S. The van der Waals surface area contributed by atoms with E-state index in [9.17, 15) is 14.4 Å². The zero-order valence-corrected chi connectivity index (χ0v) is 19.9. The molecule has 1 aromatic carbocycles. The second kappa shape index (κ2) is 8.01. The predicted molar refractivity (Wildman–Crippen MR) is 125 cm³/mol. The van der Waals surface area contributed by atoms with Gasteiger partial charge < -0.3 is 20.3 Å². The van der Waals surface area contributed by atoms with Gasteiger partial charge in [-0.25, -0.2) is 4.79 Å². The normalized spacial score (nSPS) is 21.2. The average Bonchev–Trinajstić information content (AvgIpc) is 3.28. The first-order chi connectivity index (χ1) is 15.0. The highest BCUT2D eigenvalue weighted by atomic mass is 32.1. The van der Waals surface area contributed by atoms with Crippen LogP contribution >= 0.6 is 11.3 Å². The Labute approximate surface area is 192 Å². The lowest BCUT2D eigenvalue weighted by Crippen LogP contribution is -2.55. The minimum absolute atomic E-state index is 0.0814. The topological polar surface area (TPSA) is 87.7 Å². The smallest absolute Gasteiger partial charge is 0.341 e. The van der Waals surface area contributed by atoms with Gasteiger partial charge in [0.15, 0.2) is 0 Å². The van der Waals surface area contributed by atoms with E-state index < -0.39 is 11.9 Å². The van der Waals surface area contributed by atoms with Gasteiger partial charge >= 0.3 is 5.97 Å². The molecule has 0 spiro atoms. The Morgan fingerprint density at radius 1 is 1.19 bits per heavy atom. The van der Waals surface area contributed by atoms with Crippen LogP contribution < -0.4 is 15.5 Å². The van der Waals surface area contributed by atoms with E-state index in [1.807, 2.05) is 30.3 Å². The van der Waals surface area contributed by atoms with Crippen molar-refractivity contribution < 1.29 is 19.1 Å². The second-order valence-corrected chi connectivity index (χ2v) is 10.7. The zero-order valence-electron chi connectivity index (χ0n) is 19.1. The van der Waals surface area contributed by atoms with Gasteiger partial charge in [0.1, 0.15) is 5.00 Å². The molecule has 1 saturated heterocycles. The molecule has 1 unspecified atom stereocenters. The fourth-order valence-electron chi connectivity index (χ4n) is 4.89. The van der Waals surface area contributed by atoms with Crippen LogP contribution in [0, 0.1) is 5.92 Å². The maximum atomic E-state index is 13.2. The number of ether oxygens (including phenoxy) is 1. The predicted octanol–water partition coefficient (Wildman–Crippen LogP) is 3.69. The summed E-state index contributed by atoms with van der Waals surface area (Å²) in [4.78, 5) is 41.1. The zero-order chi connectivity index (χ0) is 23.3. The molecule has 1 aromatic heterocycles. The van der Waals surface area contributed by atoms with Crippen LogP contribution in [0.2, 0.25) is 0 Å². The van der Waals surface area contributed by atoms with Crippen molar-refractivity contribution >= 4 is 39.8 Å². The van der Waals surface area contributed by atoms with Gasteiger partial charge in [0.25, 0.3) is 0 Å². The van der Waals surface area contributed by atoms with Gasteiger partial charge in [0, 0.05) is 34.6 Å². The van der Waals surface area contributed by atoms with Crippen LogP contribution in [0.5, 0.6) is 0 Å². The number of methoxy groups -OCH3 is 1. The number of benzene rings is 1. The summed E-state index contributed by atoms with van der Waals surface area (Å²) in [5.74, 6) is -1.29. The van der Waals surface area contributed by atoms with Gasteiger partial charge in [0.2, 0.25) is 11.8 Å². The Morgan fingerprint density at radius 2 is 1.88 bits per heavy atom. The molecule has 0 radical (unpaired) electrons. The van der Waals surface area contributed by atoms with Gasteiger partial charge in [-0.1, -0.05) is 18.2 Å². The van der Waals surface area contributed by atoms with Crippen molar-refractivity contribution in [3.05, 3.63) is 46.3 Å². The summed E-state index contributed by atoms with van der Waals surface area (Å²) in [6.07, 6.45) is 0.783. The molecule has 170 valence electrons. The number of nitrogens with one attached hydrogen (secondary N) is 2. The van der Waals surface area contributed by atoms with E-state index in [0.29, 0.717) is 23.5 Å². The van der Waals surface area contributed by atoms with Crippen LogP contribution in [0.4, 0.5) is 10.7 Å². The third kappa shape index (κ3) is 4.04. The van der Waals surface area contributed by atoms with E-state index in [1.54, 1.807) is 4.90 Å². The van der Waals surface area contributed by atoms with Crippen LogP contribution in [0.15, 0.2) is 30.3 Å². The third-order valence-electron chi connectivity index (χ3n) is 6.03. The Balaban J connectivity index is 1.62. The molecule has 8 heteroatoms. The molecule has 7 nitrogen and oxygen atoms in total.